The van der Waals surface area contributed by atoms with Crippen molar-refractivity contribution >= 4 is 39.1 Å². The van der Waals surface area contributed by atoms with Crippen LogP contribution in [-0.4, -0.2) is 59.0 Å². The molecule has 0 saturated carbocycles. The van der Waals surface area contributed by atoms with Gasteiger partial charge < -0.3 is 15.5 Å². The number of thiophene rings is 1. The van der Waals surface area contributed by atoms with Crippen molar-refractivity contribution in [3.63, 3.8) is 0 Å². The zero-order chi connectivity index (χ0) is 16.6. The van der Waals surface area contributed by atoms with Gasteiger partial charge in [0, 0.05) is 36.5 Å². The minimum absolute atomic E-state index is 0.284. The molecule has 0 aliphatic heterocycles. The quantitative estimate of drug-likeness (QED) is 0.410. The van der Waals surface area contributed by atoms with Crippen LogP contribution in [0.5, 0.6) is 0 Å². The van der Waals surface area contributed by atoms with Crippen molar-refractivity contribution in [2.24, 2.45) is 4.40 Å². The number of thioether (sulfide) groups is 1. The standard InChI is InChI=1S/C13H24N4O2S3/c1-14-13(16-22(4,18)19)15-5-6-20-9-11-7-12(21-10-11)8-17(2)3/h7,10H,5-6,8-9H2,1-4H3,(H2,14,15,16). The summed E-state index contributed by atoms with van der Waals surface area (Å²) >= 11 is 3.60. The summed E-state index contributed by atoms with van der Waals surface area (Å²) in [5.41, 5.74) is 1.34. The first-order chi connectivity index (χ1) is 10.3. The summed E-state index contributed by atoms with van der Waals surface area (Å²) in [6.45, 7) is 1.64. The Hall–Kier alpha value is -0.770. The molecule has 22 heavy (non-hydrogen) atoms. The average molecular weight is 365 g/mol. The molecule has 6 nitrogen and oxygen atoms in total. The van der Waals surface area contributed by atoms with Crippen LogP contribution in [0, 0.1) is 0 Å². The Morgan fingerprint density at radius 2 is 2.18 bits per heavy atom. The van der Waals surface area contributed by atoms with Crippen molar-refractivity contribution < 1.29 is 8.42 Å². The van der Waals surface area contributed by atoms with Crippen molar-refractivity contribution in [2.45, 2.75) is 12.3 Å². The molecular formula is C13H24N4O2S3. The third-order valence-corrected chi connectivity index (χ3v) is 5.00. The predicted octanol–water partition coefficient (Wildman–Crippen LogP) is 1.17. The zero-order valence-corrected chi connectivity index (χ0v) is 15.9. The number of nitrogens with zero attached hydrogens (tertiary/aromatic N) is 2. The summed E-state index contributed by atoms with van der Waals surface area (Å²) in [5.74, 6) is 2.12. The lowest BCUT2D eigenvalue weighted by Crippen LogP contribution is -2.36. The fourth-order valence-electron chi connectivity index (χ4n) is 1.66. The molecule has 9 heteroatoms. The monoisotopic (exact) mass is 364 g/mol. The van der Waals surface area contributed by atoms with Crippen LogP contribution in [0.1, 0.15) is 10.4 Å². The highest BCUT2D eigenvalue weighted by Gasteiger charge is 2.03. The Kier molecular flexibility index (Phi) is 8.23. The molecule has 0 radical (unpaired) electrons. The lowest BCUT2D eigenvalue weighted by molar-refractivity contribution is 0.406. The minimum atomic E-state index is -3.37. The average Bonchev–Trinajstić information content (AvgIpc) is 2.82. The van der Waals surface area contributed by atoms with Gasteiger partial charge in [0.25, 0.3) is 10.0 Å². The van der Waals surface area contributed by atoms with E-state index in [2.05, 4.69) is 45.5 Å². The first kappa shape index (κ1) is 19.3. The number of hydrogen-bond acceptors (Lipinski definition) is 5. The smallest absolute Gasteiger partial charge is 0.253 e. The van der Waals surface area contributed by atoms with Gasteiger partial charge in [-0.25, -0.2) is 8.42 Å². The van der Waals surface area contributed by atoms with Crippen LogP contribution in [-0.2, 0) is 22.3 Å². The molecule has 0 aliphatic rings. The van der Waals surface area contributed by atoms with Gasteiger partial charge in [0.15, 0.2) is 0 Å². The number of nitrogens with one attached hydrogen (secondary N) is 2. The Bertz CT molecular complexity index is 582. The van der Waals surface area contributed by atoms with Gasteiger partial charge in [-0.05, 0) is 31.1 Å². The van der Waals surface area contributed by atoms with Gasteiger partial charge in [0.05, 0.1) is 6.26 Å². The summed E-state index contributed by atoms with van der Waals surface area (Å²) in [5, 5.41) is 7.91. The maximum atomic E-state index is 11.1. The molecule has 0 aromatic carbocycles. The highest BCUT2D eigenvalue weighted by Crippen LogP contribution is 2.20. The van der Waals surface area contributed by atoms with Crippen LogP contribution < -0.4 is 10.6 Å². The van der Waals surface area contributed by atoms with Gasteiger partial charge in [0.2, 0.25) is 5.96 Å². The highest BCUT2D eigenvalue weighted by molar-refractivity contribution is 7.98. The molecule has 2 N–H and O–H groups in total. The first-order valence-electron chi connectivity index (χ1n) is 6.80. The minimum Gasteiger partial charge on any atom is -0.359 e. The van der Waals surface area contributed by atoms with Gasteiger partial charge in [-0.2, -0.15) is 11.8 Å². The number of guanidine groups is 1. The van der Waals surface area contributed by atoms with Gasteiger partial charge in [-0.1, -0.05) is 0 Å². The normalized spacial score (nSPS) is 12.7. The topological polar surface area (TPSA) is 73.8 Å². The van der Waals surface area contributed by atoms with Crippen molar-refractivity contribution in [1.29, 1.82) is 0 Å². The van der Waals surface area contributed by atoms with E-state index in [4.69, 9.17) is 0 Å². The fraction of sp³-hybridized carbons (Fsp3) is 0.615. The third kappa shape index (κ3) is 8.62. The third-order valence-electron chi connectivity index (χ3n) is 2.48. The van der Waals surface area contributed by atoms with E-state index in [1.807, 2.05) is 11.8 Å². The van der Waals surface area contributed by atoms with E-state index >= 15 is 0 Å². The van der Waals surface area contributed by atoms with Gasteiger partial charge >= 0.3 is 0 Å². The molecular weight excluding hydrogens is 340 g/mol. The molecule has 1 heterocycles. The first-order valence-corrected chi connectivity index (χ1v) is 10.7. The van der Waals surface area contributed by atoms with E-state index < -0.39 is 10.0 Å². The second-order valence-corrected chi connectivity index (χ2v) is 8.81. The zero-order valence-electron chi connectivity index (χ0n) is 13.4. The molecule has 126 valence electrons. The van der Waals surface area contributed by atoms with Crippen molar-refractivity contribution in [3.05, 3.63) is 21.9 Å². The van der Waals surface area contributed by atoms with Crippen LogP contribution >= 0.6 is 23.1 Å². The lowest BCUT2D eigenvalue weighted by Gasteiger charge is -2.08. The largest absolute Gasteiger partial charge is 0.359 e. The molecule has 0 fully saturated rings. The second kappa shape index (κ2) is 9.39. The molecule has 0 spiro atoms. The Labute approximate surface area is 141 Å². The molecule has 1 aromatic rings. The van der Waals surface area contributed by atoms with Gasteiger partial charge in [-0.15, -0.1) is 15.7 Å². The summed E-state index contributed by atoms with van der Waals surface area (Å²) in [6, 6.07) is 2.25. The predicted molar refractivity (Wildman–Crippen MR) is 97.2 cm³/mol. The van der Waals surface area contributed by atoms with E-state index in [1.165, 1.54) is 10.4 Å². The van der Waals surface area contributed by atoms with Crippen LogP contribution in [0.2, 0.25) is 0 Å². The van der Waals surface area contributed by atoms with E-state index in [1.54, 1.807) is 18.4 Å². The SMILES string of the molecule is CN/C(=N/S(C)(=O)=O)NCCSCc1csc(CN(C)C)c1. The lowest BCUT2D eigenvalue weighted by atomic mass is 10.3. The molecule has 1 rings (SSSR count). The molecule has 0 bridgehead atoms. The van der Waals surface area contributed by atoms with Crippen LogP contribution in [0.15, 0.2) is 15.8 Å². The molecule has 0 saturated heterocycles. The van der Waals surface area contributed by atoms with Crippen LogP contribution in [0.3, 0.4) is 0 Å². The van der Waals surface area contributed by atoms with E-state index in [9.17, 15) is 8.42 Å². The number of sulfonamides is 1. The molecule has 0 amide bonds. The summed E-state index contributed by atoms with van der Waals surface area (Å²) in [4.78, 5) is 3.53. The van der Waals surface area contributed by atoms with Crippen molar-refractivity contribution in [1.82, 2.24) is 15.5 Å². The molecule has 0 atom stereocenters. The summed E-state index contributed by atoms with van der Waals surface area (Å²) in [7, 11) is 2.40. The molecule has 0 aliphatic carbocycles. The van der Waals surface area contributed by atoms with Crippen LogP contribution in [0.25, 0.3) is 0 Å². The number of hydrogen-bond donors (Lipinski definition) is 2. The van der Waals surface area contributed by atoms with E-state index in [0.29, 0.717) is 6.54 Å². The Morgan fingerprint density at radius 1 is 1.45 bits per heavy atom. The van der Waals surface area contributed by atoms with E-state index in [0.717, 1.165) is 24.3 Å². The number of rotatable bonds is 8. The molecule has 1 aromatic heterocycles. The Morgan fingerprint density at radius 3 is 2.77 bits per heavy atom. The van der Waals surface area contributed by atoms with Gasteiger partial charge in [0.1, 0.15) is 0 Å². The summed E-state index contributed by atoms with van der Waals surface area (Å²) in [6.07, 6.45) is 1.07. The van der Waals surface area contributed by atoms with Crippen molar-refractivity contribution in [2.75, 3.05) is 39.7 Å². The highest BCUT2D eigenvalue weighted by atomic mass is 32.2. The second-order valence-electron chi connectivity index (χ2n) is 5.06. The van der Waals surface area contributed by atoms with Crippen LogP contribution in [0.4, 0.5) is 0 Å². The Balaban J connectivity index is 2.28. The maximum absolute atomic E-state index is 11.1. The van der Waals surface area contributed by atoms with E-state index in [-0.39, 0.29) is 5.96 Å². The fourth-order valence-corrected chi connectivity index (χ4v) is 4.05. The van der Waals surface area contributed by atoms with Crippen molar-refractivity contribution in [3.8, 4) is 0 Å². The maximum Gasteiger partial charge on any atom is 0.253 e. The molecule has 0 unspecified atom stereocenters. The van der Waals surface area contributed by atoms with Gasteiger partial charge in [-0.3, -0.25) is 0 Å². The summed E-state index contributed by atoms with van der Waals surface area (Å²) < 4.78 is 25.7.